The second-order valence-electron chi connectivity index (χ2n) is 6.88. The highest BCUT2D eigenvalue weighted by Crippen LogP contribution is 2.26. The predicted molar refractivity (Wildman–Crippen MR) is 107 cm³/mol. The number of piperidine rings is 1. The first-order valence-corrected chi connectivity index (χ1v) is 9.34. The van der Waals surface area contributed by atoms with Crippen molar-refractivity contribution in [2.24, 2.45) is 5.73 Å². The zero-order valence-electron chi connectivity index (χ0n) is 15.4. The summed E-state index contributed by atoms with van der Waals surface area (Å²) >= 11 is 0. The van der Waals surface area contributed by atoms with Crippen LogP contribution < -0.4 is 16.4 Å². The number of benzene rings is 2. The van der Waals surface area contributed by atoms with Crippen molar-refractivity contribution in [3.05, 3.63) is 65.7 Å². The van der Waals surface area contributed by atoms with Crippen molar-refractivity contribution in [3.63, 3.8) is 0 Å². The molecule has 27 heavy (non-hydrogen) atoms. The summed E-state index contributed by atoms with van der Waals surface area (Å²) in [7, 11) is 0. The van der Waals surface area contributed by atoms with Crippen LogP contribution >= 0.6 is 0 Å². The van der Waals surface area contributed by atoms with E-state index in [9.17, 15) is 9.59 Å². The lowest BCUT2D eigenvalue weighted by atomic mass is 9.91. The molecule has 1 aliphatic rings. The number of amides is 3. The lowest BCUT2D eigenvalue weighted by Crippen LogP contribution is -2.41. The molecule has 6 nitrogen and oxygen atoms in total. The Bertz CT molecular complexity index is 779. The van der Waals surface area contributed by atoms with Gasteiger partial charge in [0.25, 0.3) is 0 Å². The first kappa shape index (κ1) is 18.9. The van der Waals surface area contributed by atoms with E-state index in [1.54, 1.807) is 24.3 Å². The van der Waals surface area contributed by atoms with Crippen molar-refractivity contribution in [1.29, 1.82) is 0 Å². The second kappa shape index (κ2) is 9.19. The summed E-state index contributed by atoms with van der Waals surface area (Å²) in [5.74, 6) is 0.0439. The number of urea groups is 1. The van der Waals surface area contributed by atoms with Crippen LogP contribution in [-0.2, 0) is 0 Å². The lowest BCUT2D eigenvalue weighted by Gasteiger charge is -2.33. The van der Waals surface area contributed by atoms with Gasteiger partial charge in [-0.25, -0.2) is 4.79 Å². The Morgan fingerprint density at radius 3 is 2.70 bits per heavy atom. The maximum absolute atomic E-state index is 12.1. The van der Waals surface area contributed by atoms with Crippen LogP contribution in [0.4, 0.5) is 10.5 Å². The Hall–Kier alpha value is -2.86. The molecule has 1 saturated heterocycles. The average molecular weight is 366 g/mol. The van der Waals surface area contributed by atoms with E-state index < -0.39 is 5.91 Å². The normalized spacial score (nSPS) is 17.3. The Kier molecular flexibility index (Phi) is 6.44. The third-order valence-electron chi connectivity index (χ3n) is 4.90. The highest BCUT2D eigenvalue weighted by atomic mass is 16.2. The van der Waals surface area contributed by atoms with Gasteiger partial charge in [-0.3, -0.25) is 4.79 Å². The monoisotopic (exact) mass is 366 g/mol. The summed E-state index contributed by atoms with van der Waals surface area (Å²) in [6, 6.07) is 16.9. The summed E-state index contributed by atoms with van der Waals surface area (Å²) in [5, 5.41) is 5.61. The molecule has 0 unspecified atom stereocenters. The molecule has 6 heteroatoms. The zero-order valence-corrected chi connectivity index (χ0v) is 15.4. The largest absolute Gasteiger partial charge is 0.366 e. The fraction of sp³-hybridized carbons (Fsp3) is 0.333. The maximum Gasteiger partial charge on any atom is 0.319 e. The Balaban J connectivity index is 1.43. The molecule has 1 heterocycles. The van der Waals surface area contributed by atoms with Crippen LogP contribution in [0.2, 0.25) is 0 Å². The Morgan fingerprint density at radius 1 is 1.11 bits per heavy atom. The topological polar surface area (TPSA) is 87.5 Å². The molecule has 3 amide bonds. The van der Waals surface area contributed by atoms with Gasteiger partial charge in [-0.15, -0.1) is 0 Å². The van der Waals surface area contributed by atoms with Gasteiger partial charge in [0.2, 0.25) is 5.91 Å². The Labute approximate surface area is 159 Å². The van der Waals surface area contributed by atoms with Crippen molar-refractivity contribution < 1.29 is 9.59 Å². The fourth-order valence-corrected chi connectivity index (χ4v) is 3.51. The second-order valence-corrected chi connectivity index (χ2v) is 6.88. The number of carbonyl (C=O) groups excluding carboxylic acids is 2. The number of rotatable bonds is 6. The third kappa shape index (κ3) is 5.56. The van der Waals surface area contributed by atoms with Crippen LogP contribution in [-0.4, -0.2) is 43.0 Å². The first-order chi connectivity index (χ1) is 13.1. The molecule has 1 fully saturated rings. The van der Waals surface area contributed by atoms with Crippen LogP contribution in [0.25, 0.3) is 0 Å². The average Bonchev–Trinajstić information content (AvgIpc) is 2.69. The summed E-state index contributed by atoms with van der Waals surface area (Å²) in [6.07, 6.45) is 2.39. The van der Waals surface area contributed by atoms with Gasteiger partial charge in [-0.2, -0.15) is 0 Å². The molecule has 0 bridgehead atoms. The number of hydrogen-bond donors (Lipinski definition) is 3. The van der Waals surface area contributed by atoms with Gasteiger partial charge >= 0.3 is 6.03 Å². The van der Waals surface area contributed by atoms with Crippen molar-refractivity contribution in [1.82, 2.24) is 10.2 Å². The number of carbonyl (C=O) groups is 2. The number of nitrogens with zero attached hydrogens (tertiary/aromatic N) is 1. The van der Waals surface area contributed by atoms with E-state index in [0.717, 1.165) is 19.6 Å². The van der Waals surface area contributed by atoms with Crippen LogP contribution in [0.3, 0.4) is 0 Å². The number of likely N-dealkylation sites (tertiary alicyclic amines) is 1. The van der Waals surface area contributed by atoms with Gasteiger partial charge in [0, 0.05) is 30.9 Å². The van der Waals surface area contributed by atoms with E-state index >= 15 is 0 Å². The lowest BCUT2D eigenvalue weighted by molar-refractivity contribution is 0.1000. The molecular weight excluding hydrogens is 340 g/mol. The van der Waals surface area contributed by atoms with Crippen LogP contribution in [0.15, 0.2) is 54.6 Å². The third-order valence-corrected chi connectivity index (χ3v) is 4.90. The molecule has 1 aliphatic heterocycles. The van der Waals surface area contributed by atoms with Crippen molar-refractivity contribution in [2.75, 3.05) is 31.5 Å². The standard InChI is InChI=1S/C21H26N4O2/c22-20(26)17-8-4-10-19(14-17)24-21(27)23-11-13-25-12-5-9-18(15-25)16-6-2-1-3-7-16/h1-4,6-8,10,14,18H,5,9,11-13,15H2,(H2,22,26)(H2,23,24,27)/t18-/m1/s1. The molecule has 4 N–H and O–H groups in total. The SMILES string of the molecule is NC(=O)c1cccc(NC(=O)NCCN2CCC[C@@H](c3ccccc3)C2)c1. The first-order valence-electron chi connectivity index (χ1n) is 9.34. The molecule has 0 aliphatic carbocycles. The minimum Gasteiger partial charge on any atom is -0.366 e. The van der Waals surface area contributed by atoms with Crippen LogP contribution in [0.5, 0.6) is 0 Å². The highest BCUT2D eigenvalue weighted by molar-refractivity contribution is 5.95. The minimum atomic E-state index is -0.517. The van der Waals surface area contributed by atoms with E-state index in [-0.39, 0.29) is 6.03 Å². The van der Waals surface area contributed by atoms with E-state index in [2.05, 4.69) is 39.8 Å². The zero-order chi connectivity index (χ0) is 19.1. The fourth-order valence-electron chi connectivity index (χ4n) is 3.51. The van der Waals surface area contributed by atoms with E-state index in [1.165, 1.54) is 18.4 Å². The van der Waals surface area contributed by atoms with Gasteiger partial charge in [0.05, 0.1) is 0 Å². The molecule has 0 radical (unpaired) electrons. The minimum absolute atomic E-state index is 0.284. The summed E-state index contributed by atoms with van der Waals surface area (Å²) in [6.45, 7) is 3.47. The van der Waals surface area contributed by atoms with Gasteiger partial charge in [-0.1, -0.05) is 36.4 Å². The molecular formula is C21H26N4O2. The Morgan fingerprint density at radius 2 is 1.93 bits per heavy atom. The number of hydrogen-bond acceptors (Lipinski definition) is 3. The van der Waals surface area contributed by atoms with Crippen LogP contribution in [0.1, 0.15) is 34.7 Å². The van der Waals surface area contributed by atoms with Crippen molar-refractivity contribution >= 4 is 17.6 Å². The highest BCUT2D eigenvalue weighted by Gasteiger charge is 2.20. The van der Waals surface area contributed by atoms with Crippen molar-refractivity contribution in [2.45, 2.75) is 18.8 Å². The van der Waals surface area contributed by atoms with Gasteiger partial charge in [0.1, 0.15) is 0 Å². The van der Waals surface area contributed by atoms with Gasteiger partial charge in [0.15, 0.2) is 0 Å². The molecule has 3 rings (SSSR count). The number of nitrogens with two attached hydrogens (primary N) is 1. The molecule has 1 atom stereocenters. The summed E-state index contributed by atoms with van der Waals surface area (Å²) in [4.78, 5) is 25.7. The van der Waals surface area contributed by atoms with E-state index in [0.29, 0.717) is 23.7 Å². The van der Waals surface area contributed by atoms with Gasteiger partial charge < -0.3 is 21.3 Å². The number of anilines is 1. The van der Waals surface area contributed by atoms with Crippen molar-refractivity contribution in [3.8, 4) is 0 Å². The maximum atomic E-state index is 12.1. The smallest absolute Gasteiger partial charge is 0.319 e. The predicted octanol–water partition coefficient (Wildman–Crippen LogP) is 2.79. The number of primary amides is 1. The van der Waals surface area contributed by atoms with E-state index in [1.807, 2.05) is 6.07 Å². The quantitative estimate of drug-likeness (QED) is 0.735. The van der Waals surface area contributed by atoms with Crippen LogP contribution in [0, 0.1) is 0 Å². The molecule has 2 aromatic rings. The van der Waals surface area contributed by atoms with Gasteiger partial charge in [-0.05, 0) is 49.1 Å². The summed E-state index contributed by atoms with van der Waals surface area (Å²) in [5.41, 5.74) is 7.56. The molecule has 0 spiro atoms. The summed E-state index contributed by atoms with van der Waals surface area (Å²) < 4.78 is 0. The number of nitrogens with one attached hydrogen (secondary N) is 2. The van der Waals surface area contributed by atoms with E-state index in [4.69, 9.17) is 5.73 Å². The molecule has 2 aromatic carbocycles. The molecule has 0 aromatic heterocycles. The molecule has 142 valence electrons. The molecule has 0 saturated carbocycles.